The number of halogens is 3. The highest BCUT2D eigenvalue weighted by Gasteiger charge is 2.42. The summed E-state index contributed by atoms with van der Waals surface area (Å²) in [5.41, 5.74) is 4.74. The van der Waals surface area contributed by atoms with Crippen LogP contribution in [0.25, 0.3) is 0 Å². The molecule has 1 aromatic heterocycles. The summed E-state index contributed by atoms with van der Waals surface area (Å²) in [7, 11) is 0. The van der Waals surface area contributed by atoms with Gasteiger partial charge in [0.15, 0.2) is 6.10 Å². The van der Waals surface area contributed by atoms with Crippen LogP contribution in [0.2, 0.25) is 0 Å². The first-order valence-electron chi connectivity index (χ1n) is 8.52. The van der Waals surface area contributed by atoms with Gasteiger partial charge in [0, 0.05) is 5.56 Å². The van der Waals surface area contributed by atoms with Crippen LogP contribution in [0.3, 0.4) is 0 Å². The minimum atomic E-state index is -4.55. The van der Waals surface area contributed by atoms with E-state index in [1.165, 1.54) is 6.07 Å². The van der Waals surface area contributed by atoms with Gasteiger partial charge in [-0.05, 0) is 31.7 Å². The van der Waals surface area contributed by atoms with Gasteiger partial charge in [-0.2, -0.15) is 13.2 Å². The van der Waals surface area contributed by atoms with Gasteiger partial charge in [-0.3, -0.25) is 9.59 Å². The summed E-state index contributed by atoms with van der Waals surface area (Å²) in [6, 6.07) is 3.00. The molecule has 0 bridgehead atoms. The Morgan fingerprint density at radius 3 is 2.56 bits per heavy atom. The minimum Gasteiger partial charge on any atom is -0.465 e. The molecule has 3 rings (SSSR count). The first-order chi connectivity index (χ1) is 12.6. The van der Waals surface area contributed by atoms with Gasteiger partial charge in [0.2, 0.25) is 11.8 Å². The monoisotopic (exact) mass is 387 g/mol. The van der Waals surface area contributed by atoms with Crippen molar-refractivity contribution in [3.05, 3.63) is 23.4 Å². The van der Waals surface area contributed by atoms with E-state index in [2.05, 4.69) is 10.3 Å². The second-order valence-electron chi connectivity index (χ2n) is 7.04. The van der Waals surface area contributed by atoms with Crippen molar-refractivity contribution in [2.45, 2.75) is 49.9 Å². The Hall–Kier alpha value is -2.36. The average molecular weight is 387 g/mol. The smallest absolute Gasteiger partial charge is 0.425 e. The number of carbonyl (C=O) groups excluding carboxylic acids is 2. The summed E-state index contributed by atoms with van der Waals surface area (Å²) in [6.45, 7) is 1.13. The van der Waals surface area contributed by atoms with Crippen molar-refractivity contribution in [2.75, 3.05) is 13.2 Å². The second-order valence-corrected chi connectivity index (χ2v) is 7.04. The van der Waals surface area contributed by atoms with Gasteiger partial charge in [0.05, 0.1) is 25.2 Å². The molecule has 7 nitrogen and oxygen atoms in total. The number of primary amides is 1. The van der Waals surface area contributed by atoms with Crippen LogP contribution in [0.4, 0.5) is 13.2 Å². The van der Waals surface area contributed by atoms with Crippen molar-refractivity contribution < 1.29 is 32.2 Å². The minimum absolute atomic E-state index is 0.0891. The van der Waals surface area contributed by atoms with Crippen LogP contribution in [-0.2, 0) is 9.53 Å². The fourth-order valence-corrected chi connectivity index (χ4v) is 2.82. The van der Waals surface area contributed by atoms with Crippen molar-refractivity contribution in [2.24, 2.45) is 5.73 Å². The summed E-state index contributed by atoms with van der Waals surface area (Å²) in [5, 5.41) is 2.65. The first kappa shape index (κ1) is 19.4. The fraction of sp³-hybridized carbons (Fsp3) is 0.588. The lowest BCUT2D eigenvalue weighted by Gasteiger charge is -2.41. The number of hydrogen-bond acceptors (Lipinski definition) is 5. The van der Waals surface area contributed by atoms with Crippen molar-refractivity contribution in [1.82, 2.24) is 10.3 Å². The summed E-state index contributed by atoms with van der Waals surface area (Å²) in [4.78, 5) is 27.7. The lowest BCUT2D eigenvalue weighted by atomic mass is 9.92. The Morgan fingerprint density at radius 1 is 1.41 bits per heavy atom. The van der Waals surface area contributed by atoms with E-state index in [4.69, 9.17) is 15.2 Å². The molecule has 0 radical (unpaired) electrons. The van der Waals surface area contributed by atoms with Crippen LogP contribution in [0, 0.1) is 0 Å². The molecule has 2 amide bonds. The Morgan fingerprint density at radius 2 is 2.07 bits per heavy atom. The average Bonchev–Trinajstić information content (AvgIpc) is 3.36. The van der Waals surface area contributed by atoms with Crippen LogP contribution >= 0.6 is 0 Å². The molecule has 1 aliphatic heterocycles. The van der Waals surface area contributed by atoms with Gasteiger partial charge in [-0.15, -0.1) is 0 Å². The quantitative estimate of drug-likeness (QED) is 0.741. The molecular formula is C17H20F3N3O4. The number of pyridine rings is 1. The van der Waals surface area contributed by atoms with Gasteiger partial charge < -0.3 is 20.5 Å². The number of nitrogens with one attached hydrogen (secondary N) is 1. The normalized spacial score (nSPS) is 19.7. The third-order valence-electron chi connectivity index (χ3n) is 4.54. The van der Waals surface area contributed by atoms with E-state index in [-0.39, 0.29) is 37.1 Å². The van der Waals surface area contributed by atoms with Gasteiger partial charge in [0.25, 0.3) is 5.91 Å². The van der Waals surface area contributed by atoms with Crippen molar-refractivity contribution in [3.63, 3.8) is 0 Å². The third kappa shape index (κ3) is 4.49. The van der Waals surface area contributed by atoms with Crippen LogP contribution in [0.1, 0.15) is 48.2 Å². The standard InChI is InChI=1S/C17H20F3N3O4/c1-9(17(18,19)20)27-15-11(10-2-3-10)4-5-12(22-15)14(25)23-16(6-13(21)24)7-26-8-16/h4-5,9-10H,2-3,6-8H2,1H3,(H2,21,24)(H,23,25). The lowest BCUT2D eigenvalue weighted by Crippen LogP contribution is -2.63. The van der Waals surface area contributed by atoms with Gasteiger partial charge in [-0.1, -0.05) is 6.07 Å². The zero-order valence-corrected chi connectivity index (χ0v) is 14.6. The predicted molar refractivity (Wildman–Crippen MR) is 87.2 cm³/mol. The molecule has 0 spiro atoms. The van der Waals surface area contributed by atoms with E-state index in [0.717, 1.165) is 19.8 Å². The molecule has 2 fully saturated rings. The van der Waals surface area contributed by atoms with Crippen LogP contribution < -0.4 is 15.8 Å². The molecule has 3 N–H and O–H groups in total. The molecule has 1 aromatic rings. The maximum atomic E-state index is 12.8. The fourth-order valence-electron chi connectivity index (χ4n) is 2.82. The first-order valence-corrected chi connectivity index (χ1v) is 8.52. The number of carbonyl (C=O) groups is 2. The molecule has 2 heterocycles. The number of hydrogen-bond donors (Lipinski definition) is 2. The second kappa shape index (κ2) is 6.99. The van der Waals surface area contributed by atoms with E-state index in [0.29, 0.717) is 5.56 Å². The van der Waals surface area contributed by atoms with Gasteiger partial charge >= 0.3 is 6.18 Å². The maximum Gasteiger partial charge on any atom is 0.425 e. The Labute approximate surface area is 153 Å². The number of ether oxygens (including phenoxy) is 2. The summed E-state index contributed by atoms with van der Waals surface area (Å²) in [6.07, 6.45) is -5.03. The highest BCUT2D eigenvalue weighted by atomic mass is 19.4. The summed E-state index contributed by atoms with van der Waals surface area (Å²) >= 11 is 0. The third-order valence-corrected chi connectivity index (χ3v) is 4.54. The highest BCUT2D eigenvalue weighted by molar-refractivity contribution is 5.93. The Kier molecular flexibility index (Phi) is 5.02. The number of nitrogens with two attached hydrogens (primary N) is 1. The van der Waals surface area contributed by atoms with Gasteiger partial charge in [0.1, 0.15) is 5.69 Å². The van der Waals surface area contributed by atoms with E-state index >= 15 is 0 Å². The molecule has 1 saturated heterocycles. The molecule has 1 atom stereocenters. The lowest BCUT2D eigenvalue weighted by molar-refractivity contribution is -0.190. The molecular weight excluding hydrogens is 367 g/mol. The predicted octanol–water partition coefficient (Wildman–Crippen LogP) is 1.66. The topological polar surface area (TPSA) is 104 Å². The maximum absolute atomic E-state index is 12.8. The van der Waals surface area contributed by atoms with E-state index in [1.54, 1.807) is 6.07 Å². The molecule has 27 heavy (non-hydrogen) atoms. The SMILES string of the molecule is CC(Oc1nc(C(=O)NC2(CC(N)=O)COC2)ccc1C1CC1)C(F)(F)F. The number of alkyl halides is 3. The highest BCUT2D eigenvalue weighted by Crippen LogP contribution is 2.44. The van der Waals surface area contributed by atoms with E-state index in [9.17, 15) is 22.8 Å². The van der Waals surface area contributed by atoms with Crippen molar-refractivity contribution >= 4 is 11.8 Å². The van der Waals surface area contributed by atoms with E-state index in [1.807, 2.05) is 0 Å². The molecule has 1 saturated carbocycles. The van der Waals surface area contributed by atoms with Crippen molar-refractivity contribution in [1.29, 1.82) is 0 Å². The number of rotatable bonds is 7. The summed E-state index contributed by atoms with van der Waals surface area (Å²) in [5.74, 6) is -1.33. The van der Waals surface area contributed by atoms with Crippen molar-refractivity contribution in [3.8, 4) is 5.88 Å². The molecule has 2 aliphatic rings. The van der Waals surface area contributed by atoms with Crippen LogP contribution in [0.15, 0.2) is 12.1 Å². The zero-order chi connectivity index (χ0) is 19.8. The molecule has 0 aromatic carbocycles. The van der Waals surface area contributed by atoms with E-state index < -0.39 is 29.6 Å². The van der Waals surface area contributed by atoms with Crippen LogP contribution in [-0.4, -0.2) is 47.8 Å². The Bertz CT molecular complexity index is 745. The Balaban J connectivity index is 1.80. The number of amides is 2. The number of aromatic nitrogens is 1. The molecule has 10 heteroatoms. The van der Waals surface area contributed by atoms with Crippen LogP contribution in [0.5, 0.6) is 5.88 Å². The van der Waals surface area contributed by atoms with Gasteiger partial charge in [-0.25, -0.2) is 4.98 Å². The largest absolute Gasteiger partial charge is 0.465 e. The zero-order valence-electron chi connectivity index (χ0n) is 14.6. The molecule has 148 valence electrons. The molecule has 1 unspecified atom stereocenters. The number of nitrogens with zero attached hydrogens (tertiary/aromatic N) is 1. The summed E-state index contributed by atoms with van der Waals surface area (Å²) < 4.78 is 48.6. The molecule has 1 aliphatic carbocycles.